The van der Waals surface area contributed by atoms with Gasteiger partial charge in [-0.2, -0.15) is 5.26 Å². The number of benzene rings is 1. The third-order valence-corrected chi connectivity index (χ3v) is 3.60. The average molecular weight is 282 g/mol. The van der Waals surface area contributed by atoms with Crippen molar-refractivity contribution in [3.63, 3.8) is 0 Å². The number of hydrogen-bond donors (Lipinski definition) is 1. The summed E-state index contributed by atoms with van der Waals surface area (Å²) in [6.07, 6.45) is 3.81. The molecule has 5 nitrogen and oxygen atoms in total. The van der Waals surface area contributed by atoms with Gasteiger partial charge >= 0.3 is 0 Å². The van der Waals surface area contributed by atoms with Gasteiger partial charge in [0, 0.05) is 23.3 Å². The number of carbonyl (C=O) groups is 1. The molecule has 0 spiro atoms. The molecule has 0 aliphatic heterocycles. The number of carbonyl (C=O) groups excluding carboxylic acids is 1. The zero-order valence-electron chi connectivity index (χ0n) is 10.4. The van der Waals surface area contributed by atoms with E-state index in [4.69, 9.17) is 5.26 Å². The van der Waals surface area contributed by atoms with Crippen LogP contribution >= 0.6 is 11.3 Å². The minimum Gasteiger partial charge on any atom is -0.346 e. The molecule has 0 fully saturated rings. The lowest BCUT2D eigenvalue weighted by molar-refractivity contribution is 0.0950. The third kappa shape index (κ3) is 2.39. The van der Waals surface area contributed by atoms with Crippen LogP contribution in [-0.2, 0) is 6.54 Å². The highest BCUT2D eigenvalue weighted by Crippen LogP contribution is 2.11. The summed E-state index contributed by atoms with van der Waals surface area (Å²) in [4.78, 5) is 17.3. The highest BCUT2D eigenvalue weighted by atomic mass is 32.1. The summed E-state index contributed by atoms with van der Waals surface area (Å²) in [5.74, 6) is -0.210. The van der Waals surface area contributed by atoms with Crippen LogP contribution in [0.25, 0.3) is 4.96 Å². The first-order chi connectivity index (χ1) is 9.76. The summed E-state index contributed by atoms with van der Waals surface area (Å²) in [6.45, 7) is 0.365. The quantitative estimate of drug-likeness (QED) is 0.800. The summed E-state index contributed by atoms with van der Waals surface area (Å²) < 4.78 is 1.92. The molecule has 0 bridgehead atoms. The van der Waals surface area contributed by atoms with Crippen LogP contribution in [0.3, 0.4) is 0 Å². The normalized spacial score (nSPS) is 10.3. The van der Waals surface area contributed by atoms with Crippen molar-refractivity contribution < 1.29 is 4.79 Å². The predicted molar refractivity (Wildman–Crippen MR) is 75.4 cm³/mol. The maximum atomic E-state index is 12.0. The van der Waals surface area contributed by atoms with Crippen molar-refractivity contribution in [1.82, 2.24) is 14.7 Å². The van der Waals surface area contributed by atoms with Crippen LogP contribution in [0.4, 0.5) is 0 Å². The lowest BCUT2D eigenvalue weighted by Gasteiger charge is -2.03. The van der Waals surface area contributed by atoms with E-state index in [9.17, 15) is 4.79 Å². The molecule has 0 saturated carbocycles. The van der Waals surface area contributed by atoms with Crippen LogP contribution in [0.2, 0.25) is 0 Å². The molecule has 1 amide bonds. The van der Waals surface area contributed by atoms with Crippen LogP contribution < -0.4 is 5.32 Å². The van der Waals surface area contributed by atoms with E-state index >= 15 is 0 Å². The number of thiazole rings is 1. The molecule has 2 heterocycles. The van der Waals surface area contributed by atoms with Crippen LogP contribution in [-0.4, -0.2) is 15.3 Å². The van der Waals surface area contributed by atoms with Crippen LogP contribution in [0.15, 0.2) is 42.0 Å². The Morgan fingerprint density at radius 2 is 2.40 bits per heavy atom. The van der Waals surface area contributed by atoms with E-state index in [1.54, 1.807) is 35.6 Å². The fourth-order valence-corrected chi connectivity index (χ4v) is 2.58. The maximum Gasteiger partial charge on any atom is 0.251 e. The molecule has 0 radical (unpaired) electrons. The fraction of sp³-hybridized carbons (Fsp3) is 0.0714. The molecule has 0 aliphatic rings. The molecule has 6 heteroatoms. The molecule has 3 aromatic rings. The second-order valence-electron chi connectivity index (χ2n) is 4.20. The molecular formula is C14H10N4OS. The zero-order chi connectivity index (χ0) is 13.9. The number of rotatable bonds is 3. The molecule has 0 saturated heterocycles. The van der Waals surface area contributed by atoms with Crippen molar-refractivity contribution in [3.8, 4) is 6.07 Å². The molecule has 3 rings (SSSR count). The maximum absolute atomic E-state index is 12.0. The lowest BCUT2D eigenvalue weighted by atomic mass is 10.1. The van der Waals surface area contributed by atoms with E-state index in [2.05, 4.69) is 10.3 Å². The summed E-state index contributed by atoms with van der Waals surface area (Å²) >= 11 is 1.55. The molecule has 0 unspecified atom stereocenters. The number of hydrogen-bond acceptors (Lipinski definition) is 4. The Morgan fingerprint density at radius 3 is 3.20 bits per heavy atom. The Balaban J connectivity index is 1.70. The van der Waals surface area contributed by atoms with E-state index < -0.39 is 0 Å². The number of fused-ring (bicyclic) bond motifs is 1. The molecule has 2 aromatic heterocycles. The molecule has 1 aromatic carbocycles. The van der Waals surface area contributed by atoms with Crippen molar-refractivity contribution in [1.29, 1.82) is 5.26 Å². The van der Waals surface area contributed by atoms with Gasteiger partial charge in [-0.3, -0.25) is 9.20 Å². The first kappa shape index (κ1) is 12.4. The second-order valence-corrected chi connectivity index (χ2v) is 5.07. The molecule has 0 atom stereocenters. The van der Waals surface area contributed by atoms with Gasteiger partial charge in [-0.15, -0.1) is 11.3 Å². The fourth-order valence-electron chi connectivity index (χ4n) is 1.86. The van der Waals surface area contributed by atoms with Crippen molar-refractivity contribution >= 4 is 22.2 Å². The van der Waals surface area contributed by atoms with E-state index in [1.165, 1.54) is 0 Å². The minimum atomic E-state index is -0.210. The SMILES string of the molecule is N#Cc1cccc(C(=O)NCc2cn3ccsc3n2)c1. The summed E-state index contributed by atoms with van der Waals surface area (Å²) in [5.41, 5.74) is 1.76. The minimum absolute atomic E-state index is 0.210. The molecule has 98 valence electrons. The lowest BCUT2D eigenvalue weighted by Crippen LogP contribution is -2.22. The highest BCUT2D eigenvalue weighted by molar-refractivity contribution is 7.15. The van der Waals surface area contributed by atoms with Gasteiger partial charge < -0.3 is 5.32 Å². The predicted octanol–water partition coefficient (Wildman–Crippen LogP) is 2.20. The number of nitriles is 1. The number of nitrogens with one attached hydrogen (secondary N) is 1. The number of amides is 1. The molecular weight excluding hydrogens is 272 g/mol. The van der Waals surface area contributed by atoms with Crippen molar-refractivity contribution in [2.24, 2.45) is 0 Å². The monoisotopic (exact) mass is 282 g/mol. The van der Waals surface area contributed by atoms with E-state index in [1.807, 2.05) is 28.2 Å². The molecule has 20 heavy (non-hydrogen) atoms. The van der Waals surface area contributed by atoms with Crippen molar-refractivity contribution in [3.05, 3.63) is 58.9 Å². The second kappa shape index (κ2) is 5.15. The van der Waals surface area contributed by atoms with Gasteiger partial charge in [-0.05, 0) is 18.2 Å². The summed E-state index contributed by atoms with van der Waals surface area (Å²) in [5, 5.41) is 13.6. The number of nitrogens with zero attached hydrogens (tertiary/aromatic N) is 3. The van der Waals surface area contributed by atoms with Gasteiger partial charge in [0.2, 0.25) is 0 Å². The van der Waals surface area contributed by atoms with Gasteiger partial charge in [0.25, 0.3) is 5.91 Å². The first-order valence-corrected chi connectivity index (χ1v) is 6.83. The average Bonchev–Trinajstić information content (AvgIpc) is 3.05. The van der Waals surface area contributed by atoms with E-state index in [-0.39, 0.29) is 5.91 Å². The Bertz CT molecular complexity index is 783. The molecule has 1 N–H and O–H groups in total. The van der Waals surface area contributed by atoms with E-state index in [0.717, 1.165) is 10.7 Å². The van der Waals surface area contributed by atoms with Crippen LogP contribution in [0, 0.1) is 11.3 Å². The number of imidazole rings is 1. The topological polar surface area (TPSA) is 70.2 Å². The van der Waals surface area contributed by atoms with Gasteiger partial charge in [0.15, 0.2) is 4.96 Å². The largest absolute Gasteiger partial charge is 0.346 e. The van der Waals surface area contributed by atoms with Gasteiger partial charge in [0.1, 0.15) is 0 Å². The summed E-state index contributed by atoms with van der Waals surface area (Å²) in [7, 11) is 0. The zero-order valence-corrected chi connectivity index (χ0v) is 11.2. The third-order valence-electron chi connectivity index (χ3n) is 2.83. The van der Waals surface area contributed by atoms with Crippen molar-refractivity contribution in [2.45, 2.75) is 6.54 Å². The number of aromatic nitrogens is 2. The Hall–Kier alpha value is -2.65. The Labute approximate surface area is 119 Å². The summed E-state index contributed by atoms with van der Waals surface area (Å²) in [6, 6.07) is 8.63. The van der Waals surface area contributed by atoms with Crippen molar-refractivity contribution in [2.75, 3.05) is 0 Å². The first-order valence-electron chi connectivity index (χ1n) is 5.96. The van der Waals surface area contributed by atoms with Gasteiger partial charge in [-0.25, -0.2) is 4.98 Å². The standard InChI is InChI=1S/C14H10N4OS/c15-7-10-2-1-3-11(6-10)13(19)16-8-12-9-18-4-5-20-14(18)17-12/h1-6,9H,8H2,(H,16,19). The van der Waals surface area contributed by atoms with E-state index in [0.29, 0.717) is 17.7 Å². The van der Waals surface area contributed by atoms with Gasteiger partial charge in [-0.1, -0.05) is 6.07 Å². The Morgan fingerprint density at radius 1 is 1.50 bits per heavy atom. The molecule has 0 aliphatic carbocycles. The van der Waals surface area contributed by atoms with Gasteiger partial charge in [0.05, 0.1) is 23.9 Å². The Kier molecular flexibility index (Phi) is 3.19. The van der Waals surface area contributed by atoms with Crippen LogP contribution in [0.1, 0.15) is 21.6 Å². The van der Waals surface area contributed by atoms with Crippen LogP contribution in [0.5, 0.6) is 0 Å². The smallest absolute Gasteiger partial charge is 0.251 e. The highest BCUT2D eigenvalue weighted by Gasteiger charge is 2.08.